The Bertz CT molecular complexity index is 451. The van der Waals surface area contributed by atoms with Crippen molar-refractivity contribution in [2.75, 3.05) is 0 Å². The second kappa shape index (κ2) is 9.51. The van der Waals surface area contributed by atoms with Gasteiger partial charge in [0.25, 0.3) is 0 Å². The van der Waals surface area contributed by atoms with Gasteiger partial charge in [0.1, 0.15) is 0 Å². The Hall–Kier alpha value is -0.169. The monoisotopic (exact) mass is 390 g/mol. The number of rotatable bonds is 10. The van der Waals surface area contributed by atoms with E-state index in [4.69, 9.17) is 6.33 Å². The van der Waals surface area contributed by atoms with Crippen molar-refractivity contribution >= 4 is 8.32 Å². The first-order chi connectivity index (χ1) is 11.0. The van der Waals surface area contributed by atoms with Crippen LogP contribution in [0.5, 0.6) is 5.75 Å². The summed E-state index contributed by atoms with van der Waals surface area (Å²) in [4.78, 5) is 0. The first-order valence-corrected chi connectivity index (χ1v) is 14.1. The topological polar surface area (TPSA) is 58.9 Å². The normalized spacial score (nSPS) is 13.1. The van der Waals surface area contributed by atoms with Gasteiger partial charge in [-0.2, -0.15) is 0 Å². The maximum atomic E-state index is 10.6. The molecule has 0 saturated carbocycles. The fourth-order valence-electron chi connectivity index (χ4n) is 3.55. The first kappa shape index (κ1) is 21.9. The van der Waals surface area contributed by atoms with E-state index in [1.54, 1.807) is 12.1 Å². The predicted octanol–water partition coefficient (Wildman–Crippen LogP) is 4.79. The van der Waals surface area contributed by atoms with Crippen LogP contribution in [0.4, 0.5) is 0 Å². The van der Waals surface area contributed by atoms with Crippen LogP contribution >= 0.6 is 0 Å². The zero-order valence-corrected chi connectivity index (χ0v) is 18.5. The van der Waals surface area contributed by atoms with Crippen LogP contribution in [-0.4, -0.2) is 15.7 Å². The molecule has 24 heavy (non-hydrogen) atoms. The minimum atomic E-state index is -4.79. The van der Waals surface area contributed by atoms with E-state index in [9.17, 15) is 7.38 Å². The molecule has 0 spiro atoms. The molecule has 2 N–H and O–H groups in total. The van der Waals surface area contributed by atoms with Crippen molar-refractivity contribution in [3.63, 3.8) is 0 Å². The average molecular weight is 390 g/mol. The van der Waals surface area contributed by atoms with Gasteiger partial charge < -0.3 is 0 Å². The van der Waals surface area contributed by atoms with E-state index in [1.165, 1.54) is 0 Å². The molecule has 0 radical (unpaired) electrons. The van der Waals surface area contributed by atoms with Crippen molar-refractivity contribution in [1.29, 1.82) is 0 Å². The third kappa shape index (κ3) is 8.28. The molecule has 4 nitrogen and oxygen atoms in total. The molecule has 0 atom stereocenters. The number of hydrogen-bond acceptors (Lipinski definition) is 4. The Balaban J connectivity index is 3.02. The Kier molecular flexibility index (Phi) is 8.66. The second-order valence-corrected chi connectivity index (χ2v) is 14.8. The van der Waals surface area contributed by atoms with E-state index >= 15 is 0 Å². The molecule has 0 aliphatic heterocycles. The van der Waals surface area contributed by atoms with Gasteiger partial charge >= 0.3 is 154 Å². The van der Waals surface area contributed by atoms with Crippen LogP contribution in [0.25, 0.3) is 0 Å². The summed E-state index contributed by atoms with van der Waals surface area (Å²) < 4.78 is 32.8. The summed E-state index contributed by atoms with van der Waals surface area (Å²) in [6, 6.07) is 11.7. The van der Waals surface area contributed by atoms with Crippen LogP contribution in [0.15, 0.2) is 30.3 Å². The Labute approximate surface area is 153 Å². The summed E-state index contributed by atoms with van der Waals surface area (Å²) in [5.41, 5.74) is 0. The molecule has 0 saturated heterocycles. The van der Waals surface area contributed by atoms with E-state index < -0.39 is 26.5 Å². The SMILES string of the molecule is CC(C)C[Si](CC(C)C)(CC(C)C)[O][Ti]([OH])([OH])[O]c1ccccc1. The summed E-state index contributed by atoms with van der Waals surface area (Å²) >= 11 is -4.79. The van der Waals surface area contributed by atoms with Crippen molar-refractivity contribution in [3.8, 4) is 5.75 Å². The number of benzene rings is 1. The van der Waals surface area contributed by atoms with Crippen LogP contribution < -0.4 is 3.32 Å². The van der Waals surface area contributed by atoms with Gasteiger partial charge in [0.15, 0.2) is 0 Å². The number of hydrogen-bond donors (Lipinski definition) is 2. The fraction of sp³-hybridized carbons (Fsp3) is 0.667. The van der Waals surface area contributed by atoms with Gasteiger partial charge in [-0.3, -0.25) is 0 Å². The van der Waals surface area contributed by atoms with Crippen molar-refractivity contribution in [2.45, 2.75) is 59.7 Å². The zero-order valence-electron chi connectivity index (χ0n) is 16.0. The molecular formula is C18H34O4SiTi. The molecule has 6 heteroatoms. The summed E-state index contributed by atoms with van der Waals surface area (Å²) in [7, 11) is -2.32. The van der Waals surface area contributed by atoms with Crippen molar-refractivity contribution < 1.29 is 31.8 Å². The molecule has 1 aromatic carbocycles. The summed E-state index contributed by atoms with van der Waals surface area (Å²) in [5.74, 6) is 1.85. The molecule has 0 unspecified atom stereocenters. The molecule has 0 heterocycles. The van der Waals surface area contributed by atoms with E-state index in [-0.39, 0.29) is 0 Å². The van der Waals surface area contributed by atoms with Gasteiger partial charge in [0.2, 0.25) is 0 Å². The minimum absolute atomic E-state index is 0.462. The van der Waals surface area contributed by atoms with Gasteiger partial charge in [0, 0.05) is 0 Å². The predicted molar refractivity (Wildman–Crippen MR) is 97.3 cm³/mol. The van der Waals surface area contributed by atoms with Gasteiger partial charge in [-0.15, -0.1) is 0 Å². The standard InChI is InChI=1S/C12H27OSi.C6H6O.2H2O.Ti/c1-10(2)7-14(13,8-11(3)4)9-12(5)6;7-6-4-2-1-3-5-6;;;/h10-12H,7-9H2,1-6H3;1-5,7H;2*1H2;/q-1;;;;+4/p-3. The molecule has 0 aliphatic carbocycles. The Morgan fingerprint density at radius 3 is 1.62 bits per heavy atom. The molecule has 0 amide bonds. The Morgan fingerprint density at radius 2 is 1.25 bits per heavy atom. The van der Waals surface area contributed by atoms with E-state index in [2.05, 4.69) is 41.5 Å². The summed E-state index contributed by atoms with van der Waals surface area (Å²) in [6.45, 7) is 13.0. The van der Waals surface area contributed by atoms with Crippen LogP contribution in [0.3, 0.4) is 0 Å². The van der Waals surface area contributed by atoms with Crippen molar-refractivity contribution in [2.24, 2.45) is 17.8 Å². The molecule has 138 valence electrons. The van der Waals surface area contributed by atoms with Crippen LogP contribution in [-0.2, 0) is 21.1 Å². The molecule has 0 bridgehead atoms. The van der Waals surface area contributed by atoms with Crippen molar-refractivity contribution in [1.82, 2.24) is 0 Å². The average Bonchev–Trinajstić information content (AvgIpc) is 2.34. The first-order valence-electron chi connectivity index (χ1n) is 8.92. The zero-order chi connectivity index (χ0) is 18.4. The second-order valence-electron chi connectivity index (χ2n) is 8.04. The molecular weight excluding hydrogens is 356 g/mol. The Morgan fingerprint density at radius 1 is 0.833 bits per heavy atom. The van der Waals surface area contributed by atoms with Crippen LogP contribution in [0.1, 0.15) is 41.5 Å². The van der Waals surface area contributed by atoms with Crippen molar-refractivity contribution in [3.05, 3.63) is 30.3 Å². The fourth-order valence-corrected chi connectivity index (χ4v) is 14.1. The van der Waals surface area contributed by atoms with Crippen LogP contribution in [0, 0.1) is 17.8 Å². The van der Waals surface area contributed by atoms with Gasteiger partial charge in [-0.1, -0.05) is 0 Å². The molecule has 0 aromatic heterocycles. The van der Waals surface area contributed by atoms with Gasteiger partial charge in [0.05, 0.1) is 0 Å². The molecule has 1 rings (SSSR count). The van der Waals surface area contributed by atoms with E-state index in [0.29, 0.717) is 23.5 Å². The summed E-state index contributed by atoms with van der Waals surface area (Å²) in [5, 5.41) is 0. The third-order valence-corrected chi connectivity index (χ3v) is 13.1. The number of para-hydroxylation sites is 1. The van der Waals surface area contributed by atoms with Crippen LogP contribution in [0.2, 0.25) is 18.1 Å². The molecule has 0 fully saturated rings. The molecule has 0 aliphatic rings. The van der Waals surface area contributed by atoms with E-state index in [0.717, 1.165) is 18.1 Å². The van der Waals surface area contributed by atoms with Gasteiger partial charge in [-0.05, 0) is 0 Å². The maximum absolute atomic E-state index is 10.6. The van der Waals surface area contributed by atoms with Gasteiger partial charge in [-0.25, -0.2) is 0 Å². The summed E-state index contributed by atoms with van der Waals surface area (Å²) in [6.07, 6.45) is 0. The van der Waals surface area contributed by atoms with E-state index in [1.807, 2.05) is 18.2 Å². The molecule has 1 aromatic rings. The third-order valence-electron chi connectivity index (χ3n) is 3.68. The quantitative estimate of drug-likeness (QED) is 0.564.